The molecule has 0 saturated carbocycles. The van der Waals surface area contributed by atoms with E-state index in [-0.39, 0.29) is 4.90 Å². The molecule has 0 aromatic heterocycles. The number of ether oxygens (including phenoxy) is 1. The highest BCUT2D eigenvalue weighted by Crippen LogP contribution is 2.84. The minimum Gasteiger partial charge on any atom is -0.376 e. The summed E-state index contributed by atoms with van der Waals surface area (Å²) < 4.78 is 7.06. The van der Waals surface area contributed by atoms with Crippen LogP contribution in [0.1, 0.15) is 46.6 Å². The lowest BCUT2D eigenvalue weighted by molar-refractivity contribution is 0.171. The maximum Gasteiger partial charge on any atom is 0.0707 e. The average molecular weight is 639 g/mol. The molecule has 0 radical (unpaired) electrons. The fourth-order valence-corrected chi connectivity index (χ4v) is 17.4. The van der Waals surface area contributed by atoms with E-state index >= 15 is 0 Å². The van der Waals surface area contributed by atoms with E-state index in [1.807, 2.05) is 0 Å². The van der Waals surface area contributed by atoms with E-state index in [2.05, 4.69) is 156 Å². The van der Waals surface area contributed by atoms with E-state index in [1.54, 1.807) is 16.2 Å². The van der Waals surface area contributed by atoms with Crippen LogP contribution in [0, 0.1) is 5.92 Å². The minimum absolute atomic E-state index is 0.0559. The molecule has 0 spiro atoms. The largest absolute Gasteiger partial charge is 0.376 e. The fourth-order valence-electron chi connectivity index (χ4n) is 9.06. The number of hydrogen-bond donors (Lipinski definition) is 0. The topological polar surface area (TPSA) is 9.23 Å². The smallest absolute Gasteiger partial charge is 0.0707 e. The molecular formula is C41H37OP3. The van der Waals surface area contributed by atoms with Gasteiger partial charge < -0.3 is 4.74 Å². The van der Waals surface area contributed by atoms with Crippen LogP contribution in [0.5, 0.6) is 0 Å². The fraction of sp³-hybridized carbons (Fsp3) is 0.220. The number of benzene rings is 5. The summed E-state index contributed by atoms with van der Waals surface area (Å²) in [4.78, 5) is 0.0559. The minimum atomic E-state index is -0.513. The quantitative estimate of drug-likeness (QED) is 0.168. The molecule has 9 rings (SSSR count). The van der Waals surface area contributed by atoms with Gasteiger partial charge in [-0.2, -0.15) is 0 Å². The Morgan fingerprint density at radius 2 is 1.53 bits per heavy atom. The molecule has 5 aromatic carbocycles. The number of rotatable bonds is 6. The Labute approximate surface area is 271 Å². The van der Waals surface area contributed by atoms with Crippen molar-refractivity contribution in [3.8, 4) is 0 Å². The molecular weight excluding hydrogens is 601 g/mol. The van der Waals surface area contributed by atoms with Crippen LogP contribution in [0.2, 0.25) is 0 Å². The second-order valence-electron chi connectivity index (χ2n) is 13.0. The lowest BCUT2D eigenvalue weighted by Crippen LogP contribution is -2.25. The maximum atomic E-state index is 7.06. The third-order valence-electron chi connectivity index (χ3n) is 10.9. The van der Waals surface area contributed by atoms with Crippen molar-refractivity contribution >= 4 is 47.2 Å². The van der Waals surface area contributed by atoms with E-state index in [9.17, 15) is 0 Å². The van der Waals surface area contributed by atoms with E-state index in [0.717, 1.165) is 13.0 Å². The van der Waals surface area contributed by atoms with Gasteiger partial charge in [0.1, 0.15) is 0 Å². The van der Waals surface area contributed by atoms with E-state index in [1.165, 1.54) is 33.0 Å². The Kier molecular flexibility index (Phi) is 6.99. The van der Waals surface area contributed by atoms with Gasteiger partial charge in [0.15, 0.2) is 0 Å². The summed E-state index contributed by atoms with van der Waals surface area (Å²) in [5.41, 5.74) is 8.26. The molecule has 3 aliphatic heterocycles. The zero-order valence-corrected chi connectivity index (χ0v) is 28.4. The lowest BCUT2D eigenvalue weighted by atomic mass is 9.79. The van der Waals surface area contributed by atoms with Gasteiger partial charge in [0, 0.05) is 34.0 Å². The molecule has 9 atom stereocenters. The third kappa shape index (κ3) is 4.28. The molecule has 45 heavy (non-hydrogen) atoms. The van der Waals surface area contributed by atoms with Crippen LogP contribution in [-0.4, -0.2) is 24.3 Å². The number of allylic oxidation sites excluding steroid dienone is 3. The van der Waals surface area contributed by atoms with Gasteiger partial charge in [0.05, 0.1) is 13.0 Å². The lowest BCUT2D eigenvalue weighted by Gasteiger charge is -2.34. The van der Waals surface area contributed by atoms with Gasteiger partial charge in [-0.25, -0.2) is 0 Å². The molecule has 2 bridgehead atoms. The molecule has 1 saturated heterocycles. The summed E-state index contributed by atoms with van der Waals surface area (Å²) in [6.45, 7) is 3.20. The van der Waals surface area contributed by atoms with Crippen molar-refractivity contribution < 1.29 is 4.74 Å². The molecule has 4 aliphatic rings. The number of hydrogen-bond acceptors (Lipinski definition) is 1. The van der Waals surface area contributed by atoms with Crippen molar-refractivity contribution in [2.24, 2.45) is 5.92 Å². The second-order valence-corrected chi connectivity index (χ2v) is 19.6. The maximum absolute atomic E-state index is 7.06. The van der Waals surface area contributed by atoms with Gasteiger partial charge >= 0.3 is 0 Å². The van der Waals surface area contributed by atoms with Crippen molar-refractivity contribution in [2.45, 2.75) is 35.0 Å². The van der Waals surface area contributed by atoms with Crippen molar-refractivity contribution in [1.29, 1.82) is 0 Å². The predicted molar refractivity (Wildman–Crippen MR) is 197 cm³/mol. The summed E-state index contributed by atoms with van der Waals surface area (Å²) in [6.07, 6.45) is 8.32. The van der Waals surface area contributed by atoms with Crippen LogP contribution in [-0.2, 0) is 9.63 Å². The van der Waals surface area contributed by atoms with Gasteiger partial charge in [-0.15, -0.1) is 9.24 Å². The summed E-state index contributed by atoms with van der Waals surface area (Å²) in [5, 5.41) is 5.89. The predicted octanol–water partition coefficient (Wildman–Crippen LogP) is 10.4. The summed E-state index contributed by atoms with van der Waals surface area (Å²) >= 11 is 0. The highest BCUT2D eigenvalue weighted by molar-refractivity contribution is 7.71. The Bertz CT molecular complexity index is 1970. The first-order valence-corrected chi connectivity index (χ1v) is 19.7. The van der Waals surface area contributed by atoms with Crippen LogP contribution in [0.3, 0.4) is 0 Å². The first kappa shape index (κ1) is 28.3. The standard InChI is InChI=1S/C41H37OP3/c1-27-24-34-38(30-14-4-2-5-15-30)37(45(27)41(34,43)31-16-6-3-7-17-31)25-42-26-44-35-22-20-28-12-8-10-18-32(28)39(35)40-33-19-11-9-13-29(33)21-23-36(40)44/h2-24,34-35,37-39H,25-26,43H2,1H3. The van der Waals surface area contributed by atoms with E-state index < -0.39 is 15.8 Å². The van der Waals surface area contributed by atoms with Gasteiger partial charge in [-0.05, 0) is 58.7 Å². The molecule has 0 N–H and O–H groups in total. The zero-order valence-electron chi connectivity index (χ0n) is 25.5. The first-order chi connectivity index (χ1) is 22.1. The second kappa shape index (κ2) is 11.1. The van der Waals surface area contributed by atoms with Crippen molar-refractivity contribution in [1.82, 2.24) is 0 Å². The average Bonchev–Trinajstić information content (AvgIpc) is 3.65. The van der Waals surface area contributed by atoms with Crippen molar-refractivity contribution in [3.63, 3.8) is 0 Å². The summed E-state index contributed by atoms with van der Waals surface area (Å²) in [5.74, 6) is 1.31. The zero-order chi connectivity index (χ0) is 30.1. The van der Waals surface area contributed by atoms with Crippen LogP contribution in [0.15, 0.2) is 139 Å². The van der Waals surface area contributed by atoms with E-state index in [4.69, 9.17) is 4.74 Å². The summed E-state index contributed by atoms with van der Waals surface area (Å²) in [7, 11) is 2.45. The number of fused-ring (bicyclic) bond motifs is 9. The Morgan fingerprint density at radius 1 is 0.800 bits per heavy atom. The highest BCUT2D eigenvalue weighted by atomic mass is 31.2. The molecule has 5 aromatic rings. The summed E-state index contributed by atoms with van der Waals surface area (Å²) in [6, 6.07) is 45.4. The molecule has 3 heterocycles. The van der Waals surface area contributed by atoms with Crippen molar-refractivity contribution in [3.05, 3.63) is 167 Å². The van der Waals surface area contributed by atoms with Crippen molar-refractivity contribution in [2.75, 3.05) is 13.0 Å². The Balaban J connectivity index is 1.07. The molecule has 1 nitrogen and oxygen atoms in total. The molecule has 1 aliphatic carbocycles. The van der Waals surface area contributed by atoms with Gasteiger partial charge in [-0.1, -0.05) is 153 Å². The van der Waals surface area contributed by atoms with Crippen LogP contribution < -0.4 is 5.30 Å². The van der Waals surface area contributed by atoms with Crippen LogP contribution in [0.4, 0.5) is 0 Å². The molecule has 222 valence electrons. The monoisotopic (exact) mass is 638 g/mol. The van der Waals surface area contributed by atoms with E-state index in [0.29, 0.717) is 29.1 Å². The molecule has 1 fully saturated rings. The molecule has 4 heteroatoms. The Morgan fingerprint density at radius 3 is 2.38 bits per heavy atom. The molecule has 9 unspecified atom stereocenters. The highest BCUT2D eigenvalue weighted by Gasteiger charge is 2.61. The first-order valence-electron chi connectivity index (χ1n) is 16.1. The van der Waals surface area contributed by atoms with Gasteiger partial charge in [0.2, 0.25) is 0 Å². The van der Waals surface area contributed by atoms with Gasteiger partial charge in [-0.3, -0.25) is 0 Å². The van der Waals surface area contributed by atoms with Crippen LogP contribution >= 0.6 is 25.1 Å². The SMILES string of the molecule is CC1=CC2C(c3ccccc3)C(COCP3c4ccc5ccccc5c4C4c5ccccc5C=CC43)P1C2(P)c1ccccc1. The normalized spacial score (nSPS) is 30.6. The Hall–Kier alpha value is -2.91. The van der Waals surface area contributed by atoms with Gasteiger partial charge in [0.25, 0.3) is 0 Å². The molecule has 0 amide bonds. The third-order valence-corrected chi connectivity index (χ3v) is 18.5. The van der Waals surface area contributed by atoms with Crippen LogP contribution in [0.25, 0.3) is 16.8 Å².